The molecule has 0 bridgehead atoms. The number of unbranched alkanes of at least 4 members (excludes halogenated alkanes) is 10. The number of benzene rings is 3. The van der Waals surface area contributed by atoms with Gasteiger partial charge in [0.15, 0.2) is 11.5 Å². The van der Waals surface area contributed by atoms with Crippen LogP contribution in [0.25, 0.3) is 38.0 Å². The summed E-state index contributed by atoms with van der Waals surface area (Å²) in [5.41, 5.74) is 4.85. The molecule has 0 radical (unpaired) electrons. The lowest BCUT2D eigenvalue weighted by atomic mass is 10.0. The SMILES string of the molecule is CCCCCCCCOc1c(OCCCCCCCC)c(-c2ccc(N(c3ccccc3)c3ccccc3)s2)c2nsnc2c1-c1ccc(/C=C(/C#N)C(=O)O)s1. The largest absolute Gasteiger partial charge is 0.489 e. The highest BCUT2D eigenvalue weighted by Gasteiger charge is 2.29. The number of nitriles is 1. The number of hydrogen-bond acceptors (Lipinski definition) is 10. The first-order chi connectivity index (χ1) is 28.0. The molecule has 57 heavy (non-hydrogen) atoms. The second-order valence-electron chi connectivity index (χ2n) is 13.9. The monoisotopic (exact) mass is 818 g/mol. The molecule has 0 amide bonds. The molecular formula is C46H50N4O4S3. The normalized spacial score (nSPS) is 11.5. The number of ether oxygens (including phenoxy) is 2. The Morgan fingerprint density at radius 2 is 1.18 bits per heavy atom. The molecular weight excluding hydrogens is 769 g/mol. The van der Waals surface area contributed by atoms with Crippen LogP contribution in [0.4, 0.5) is 16.4 Å². The molecule has 3 aromatic carbocycles. The van der Waals surface area contributed by atoms with Crippen molar-refractivity contribution in [1.29, 1.82) is 5.26 Å². The van der Waals surface area contributed by atoms with Gasteiger partial charge in [0.2, 0.25) is 0 Å². The predicted octanol–water partition coefficient (Wildman–Crippen LogP) is 14.1. The number of aromatic nitrogens is 2. The summed E-state index contributed by atoms with van der Waals surface area (Å²) in [4.78, 5) is 16.4. The standard InChI is InChI=1S/C46H50N4O4S3/c1-3-5-7-9-11-19-29-53-44-40(37-26-25-36(55-37)31-33(32-47)46(51)52)42-43(49-57-48-42)41(45(44)54-30-20-12-10-8-6-4-2)38-27-28-39(56-38)50(34-21-15-13-16-22-34)35-23-17-14-18-24-35/h13-18,21-28,31H,3-12,19-20,29-30H2,1-2H3,(H,51,52)/b33-31-. The Labute approximate surface area is 348 Å². The number of carbonyl (C=O) groups is 1. The molecule has 3 aromatic heterocycles. The highest BCUT2D eigenvalue weighted by atomic mass is 32.1. The van der Waals surface area contributed by atoms with E-state index in [0.717, 1.165) is 86.6 Å². The molecule has 0 aliphatic carbocycles. The fourth-order valence-corrected chi connectivity index (χ4v) is 9.44. The lowest BCUT2D eigenvalue weighted by Crippen LogP contribution is -2.07. The minimum Gasteiger partial charge on any atom is -0.489 e. The van der Waals surface area contributed by atoms with Crippen molar-refractivity contribution in [1.82, 2.24) is 8.75 Å². The van der Waals surface area contributed by atoms with E-state index in [-0.39, 0.29) is 5.57 Å². The van der Waals surface area contributed by atoms with E-state index in [1.54, 1.807) is 17.4 Å². The molecule has 0 aliphatic rings. The van der Waals surface area contributed by atoms with Crippen LogP contribution in [0.15, 0.2) is 90.5 Å². The molecule has 6 aromatic rings. The van der Waals surface area contributed by atoms with Gasteiger partial charge in [-0.15, -0.1) is 22.7 Å². The summed E-state index contributed by atoms with van der Waals surface area (Å²) >= 11 is 4.22. The molecule has 3 heterocycles. The summed E-state index contributed by atoms with van der Waals surface area (Å²) in [6.07, 6.45) is 15.0. The van der Waals surface area contributed by atoms with Gasteiger partial charge in [-0.1, -0.05) is 114 Å². The van der Waals surface area contributed by atoms with Crippen LogP contribution in [-0.2, 0) is 4.79 Å². The van der Waals surface area contributed by atoms with Crippen LogP contribution in [0.5, 0.6) is 11.5 Å². The van der Waals surface area contributed by atoms with Crippen LogP contribution < -0.4 is 14.4 Å². The van der Waals surface area contributed by atoms with E-state index < -0.39 is 5.97 Å². The summed E-state index contributed by atoms with van der Waals surface area (Å²) in [7, 11) is 0. The lowest BCUT2D eigenvalue weighted by Gasteiger charge is -2.23. The topological polar surface area (TPSA) is 109 Å². The third kappa shape index (κ3) is 10.7. The quantitative estimate of drug-likeness (QED) is 0.0387. The summed E-state index contributed by atoms with van der Waals surface area (Å²) in [6, 6.07) is 30.6. The first-order valence-electron chi connectivity index (χ1n) is 20.1. The van der Waals surface area contributed by atoms with E-state index in [0.29, 0.717) is 35.1 Å². The van der Waals surface area contributed by atoms with E-state index in [1.807, 2.05) is 24.3 Å². The zero-order valence-corrected chi connectivity index (χ0v) is 35.2. The summed E-state index contributed by atoms with van der Waals surface area (Å²) in [5, 5.41) is 20.1. The van der Waals surface area contributed by atoms with E-state index >= 15 is 0 Å². The van der Waals surface area contributed by atoms with Crippen molar-refractivity contribution >= 4 is 73.9 Å². The number of anilines is 3. The predicted molar refractivity (Wildman–Crippen MR) is 238 cm³/mol. The molecule has 0 fully saturated rings. The Bertz CT molecular complexity index is 2220. The summed E-state index contributed by atoms with van der Waals surface area (Å²) in [6.45, 7) is 5.49. The molecule has 0 spiro atoms. The van der Waals surface area contributed by atoms with Crippen molar-refractivity contribution < 1.29 is 19.4 Å². The van der Waals surface area contributed by atoms with Gasteiger partial charge in [-0.05, 0) is 67.4 Å². The number of carboxylic acid groups (broad SMARTS) is 1. The van der Waals surface area contributed by atoms with E-state index in [2.05, 4.69) is 79.4 Å². The molecule has 0 saturated carbocycles. The van der Waals surface area contributed by atoms with Crippen LogP contribution in [0.2, 0.25) is 0 Å². The zero-order chi connectivity index (χ0) is 39.8. The number of rotatable bonds is 23. The van der Waals surface area contributed by atoms with Gasteiger partial charge in [0, 0.05) is 26.0 Å². The minimum absolute atomic E-state index is 0.324. The van der Waals surface area contributed by atoms with Crippen LogP contribution in [0.1, 0.15) is 95.8 Å². The van der Waals surface area contributed by atoms with E-state index in [9.17, 15) is 15.2 Å². The molecule has 0 atom stereocenters. The molecule has 6 rings (SSSR count). The number of aliphatic carboxylic acids is 1. The Kier molecular flexibility index (Phi) is 15.7. The third-order valence-electron chi connectivity index (χ3n) is 9.71. The molecule has 8 nitrogen and oxygen atoms in total. The van der Waals surface area contributed by atoms with Crippen molar-refractivity contribution in [2.45, 2.75) is 90.9 Å². The van der Waals surface area contributed by atoms with Gasteiger partial charge in [-0.2, -0.15) is 14.0 Å². The summed E-state index contributed by atoms with van der Waals surface area (Å²) < 4.78 is 23.6. The van der Waals surface area contributed by atoms with Crippen molar-refractivity contribution in [2.75, 3.05) is 18.1 Å². The number of carboxylic acids is 1. The van der Waals surface area contributed by atoms with E-state index in [4.69, 9.17) is 18.2 Å². The maximum atomic E-state index is 11.7. The number of fused-ring (bicyclic) bond motifs is 1. The number of hydrogen-bond donors (Lipinski definition) is 1. The highest BCUT2D eigenvalue weighted by Crippen LogP contribution is 2.54. The summed E-state index contributed by atoms with van der Waals surface area (Å²) in [5.74, 6) is 0.0151. The van der Waals surface area contributed by atoms with Gasteiger partial charge in [0.1, 0.15) is 27.7 Å². The fraction of sp³-hybridized carbons (Fsp3) is 0.348. The average molecular weight is 819 g/mol. The average Bonchev–Trinajstić information content (AvgIpc) is 4.02. The Balaban J connectivity index is 1.48. The van der Waals surface area contributed by atoms with Crippen LogP contribution in [-0.4, -0.2) is 33.0 Å². The lowest BCUT2D eigenvalue weighted by molar-refractivity contribution is -0.132. The smallest absolute Gasteiger partial charge is 0.346 e. The van der Waals surface area contributed by atoms with Gasteiger partial charge in [-0.3, -0.25) is 0 Å². The first-order valence-corrected chi connectivity index (χ1v) is 22.4. The zero-order valence-electron chi connectivity index (χ0n) is 32.7. The minimum atomic E-state index is -1.26. The van der Waals surface area contributed by atoms with Gasteiger partial charge in [0.05, 0.1) is 36.1 Å². The second kappa shape index (κ2) is 21.5. The van der Waals surface area contributed by atoms with Gasteiger partial charge >= 0.3 is 5.97 Å². The first kappa shape index (κ1) is 41.6. The van der Waals surface area contributed by atoms with Crippen molar-refractivity contribution in [3.8, 4) is 38.4 Å². The molecule has 0 aliphatic heterocycles. The number of para-hydroxylation sites is 2. The van der Waals surface area contributed by atoms with Crippen molar-refractivity contribution in [2.24, 2.45) is 0 Å². The number of nitrogens with zero attached hydrogens (tertiary/aromatic N) is 4. The third-order valence-corrected chi connectivity index (χ3v) is 12.4. The van der Waals surface area contributed by atoms with Gasteiger partial charge in [0.25, 0.3) is 0 Å². The second-order valence-corrected chi connectivity index (χ2v) is 16.6. The molecule has 0 saturated heterocycles. The molecule has 1 N–H and O–H groups in total. The fourth-order valence-electron chi connectivity index (χ4n) is 6.79. The maximum Gasteiger partial charge on any atom is 0.346 e. The number of thiophene rings is 2. The van der Waals surface area contributed by atoms with Crippen LogP contribution in [0.3, 0.4) is 0 Å². The van der Waals surface area contributed by atoms with Crippen LogP contribution >= 0.6 is 34.4 Å². The highest BCUT2D eigenvalue weighted by molar-refractivity contribution is 7.19. The van der Waals surface area contributed by atoms with Crippen LogP contribution in [0, 0.1) is 11.3 Å². The maximum absolute atomic E-state index is 11.7. The van der Waals surface area contributed by atoms with Gasteiger partial charge in [-0.25, -0.2) is 4.79 Å². The van der Waals surface area contributed by atoms with Crippen molar-refractivity contribution in [3.05, 3.63) is 95.4 Å². The van der Waals surface area contributed by atoms with E-state index in [1.165, 1.54) is 62.4 Å². The molecule has 296 valence electrons. The molecule has 0 unspecified atom stereocenters. The Hall–Kier alpha value is -5.02. The molecule has 11 heteroatoms. The van der Waals surface area contributed by atoms with Gasteiger partial charge < -0.3 is 19.5 Å². The Morgan fingerprint density at radius 3 is 1.68 bits per heavy atom. The Morgan fingerprint density at radius 1 is 0.684 bits per heavy atom. The van der Waals surface area contributed by atoms with Crippen molar-refractivity contribution in [3.63, 3.8) is 0 Å².